The summed E-state index contributed by atoms with van der Waals surface area (Å²) in [5.74, 6) is 0. The Hall–Kier alpha value is -1.30. The molecule has 0 spiro atoms. The maximum absolute atomic E-state index is 8.79. The van der Waals surface area contributed by atoms with E-state index in [1.807, 2.05) is 13.8 Å². The monoisotopic (exact) mass is 186 g/mol. The minimum Gasteiger partial charge on any atom is -0.395 e. The van der Waals surface area contributed by atoms with Crippen LogP contribution in [0.3, 0.4) is 0 Å². The molecule has 6 heteroatoms. The topological polar surface area (TPSA) is 88.4 Å². The van der Waals surface area contributed by atoms with Crippen LogP contribution in [0.2, 0.25) is 0 Å². The minimum absolute atomic E-state index is 0.0404. The van der Waals surface area contributed by atoms with Gasteiger partial charge in [-0.2, -0.15) is 0 Å². The molecular weight excluding hydrogens is 172 g/mol. The SMILES string of the molecule is CC(C)N(CCO)c1nnc(N)o1. The third-order valence-electron chi connectivity index (χ3n) is 1.64. The van der Waals surface area contributed by atoms with E-state index < -0.39 is 0 Å². The molecule has 3 N–H and O–H groups in total. The predicted molar refractivity (Wildman–Crippen MR) is 48.3 cm³/mol. The largest absolute Gasteiger partial charge is 0.395 e. The number of aliphatic hydroxyl groups excluding tert-OH is 1. The number of nitrogens with two attached hydrogens (primary N) is 1. The lowest BCUT2D eigenvalue weighted by molar-refractivity contribution is 0.295. The standard InChI is InChI=1S/C7H14N4O2/c1-5(2)11(3-4-12)7-10-9-6(8)13-7/h5,12H,3-4H2,1-2H3,(H2,8,9). The van der Waals surface area contributed by atoms with E-state index in [2.05, 4.69) is 10.2 Å². The van der Waals surface area contributed by atoms with E-state index >= 15 is 0 Å². The first-order chi connectivity index (χ1) is 6.15. The molecule has 0 aliphatic heterocycles. The number of hydrogen-bond acceptors (Lipinski definition) is 6. The van der Waals surface area contributed by atoms with Crippen molar-refractivity contribution in [1.82, 2.24) is 10.2 Å². The highest BCUT2D eigenvalue weighted by molar-refractivity contribution is 5.28. The smallest absolute Gasteiger partial charge is 0.319 e. The Morgan fingerprint density at radius 1 is 1.54 bits per heavy atom. The lowest BCUT2D eigenvalue weighted by Gasteiger charge is -2.22. The summed E-state index contributed by atoms with van der Waals surface area (Å²) in [6.07, 6.45) is 0. The van der Waals surface area contributed by atoms with Crippen LogP contribution in [0, 0.1) is 0 Å². The van der Waals surface area contributed by atoms with Crippen LogP contribution in [-0.2, 0) is 0 Å². The Morgan fingerprint density at radius 2 is 2.23 bits per heavy atom. The molecule has 0 atom stereocenters. The van der Waals surface area contributed by atoms with Crippen molar-refractivity contribution < 1.29 is 9.52 Å². The van der Waals surface area contributed by atoms with Gasteiger partial charge in [-0.25, -0.2) is 0 Å². The Bertz CT molecular complexity index is 261. The summed E-state index contributed by atoms with van der Waals surface area (Å²) in [5.41, 5.74) is 5.28. The van der Waals surface area contributed by atoms with Gasteiger partial charge in [0.25, 0.3) is 0 Å². The molecule has 6 nitrogen and oxygen atoms in total. The van der Waals surface area contributed by atoms with Gasteiger partial charge in [0.05, 0.1) is 6.61 Å². The van der Waals surface area contributed by atoms with Crippen LogP contribution in [0.4, 0.5) is 12.0 Å². The molecule has 74 valence electrons. The molecule has 0 fully saturated rings. The molecule has 0 saturated carbocycles. The number of hydrogen-bond donors (Lipinski definition) is 2. The van der Waals surface area contributed by atoms with Crippen molar-refractivity contribution in [3.05, 3.63) is 0 Å². The van der Waals surface area contributed by atoms with Gasteiger partial charge in [0.15, 0.2) is 0 Å². The Morgan fingerprint density at radius 3 is 2.62 bits per heavy atom. The van der Waals surface area contributed by atoms with Crippen LogP contribution >= 0.6 is 0 Å². The van der Waals surface area contributed by atoms with E-state index in [4.69, 9.17) is 15.3 Å². The molecule has 1 aromatic rings. The first-order valence-electron chi connectivity index (χ1n) is 4.11. The summed E-state index contributed by atoms with van der Waals surface area (Å²) in [5, 5.41) is 16.1. The van der Waals surface area contributed by atoms with Crippen LogP contribution in [0.25, 0.3) is 0 Å². The van der Waals surface area contributed by atoms with Crippen LogP contribution < -0.4 is 10.6 Å². The number of anilines is 2. The van der Waals surface area contributed by atoms with Gasteiger partial charge in [-0.1, -0.05) is 10.2 Å². The molecule has 1 aromatic heterocycles. The summed E-state index contributed by atoms with van der Waals surface area (Å²) in [6, 6.07) is 0.576. The molecular formula is C7H14N4O2. The first kappa shape index (κ1) is 9.79. The van der Waals surface area contributed by atoms with Gasteiger partial charge in [-0.05, 0) is 13.8 Å². The fourth-order valence-electron chi connectivity index (χ4n) is 1.02. The van der Waals surface area contributed by atoms with E-state index in [0.29, 0.717) is 12.6 Å². The van der Waals surface area contributed by atoms with Crippen molar-refractivity contribution >= 4 is 12.0 Å². The van der Waals surface area contributed by atoms with E-state index in [9.17, 15) is 0 Å². The second-order valence-corrected chi connectivity index (χ2v) is 2.93. The van der Waals surface area contributed by atoms with Gasteiger partial charge in [0, 0.05) is 12.6 Å². The summed E-state index contributed by atoms with van der Waals surface area (Å²) >= 11 is 0. The molecule has 0 bridgehead atoms. The van der Waals surface area contributed by atoms with Gasteiger partial charge < -0.3 is 20.2 Å². The highest BCUT2D eigenvalue weighted by Crippen LogP contribution is 2.15. The molecule has 1 heterocycles. The lowest BCUT2D eigenvalue weighted by Crippen LogP contribution is -2.33. The van der Waals surface area contributed by atoms with E-state index in [1.165, 1.54) is 0 Å². The van der Waals surface area contributed by atoms with Gasteiger partial charge in [0.1, 0.15) is 0 Å². The molecule has 13 heavy (non-hydrogen) atoms. The van der Waals surface area contributed by atoms with Crippen LogP contribution in [-0.4, -0.2) is 34.5 Å². The van der Waals surface area contributed by atoms with Crippen molar-refractivity contribution in [1.29, 1.82) is 0 Å². The van der Waals surface area contributed by atoms with Gasteiger partial charge in [-0.15, -0.1) is 0 Å². The number of nitrogen functional groups attached to an aromatic ring is 1. The summed E-state index contributed by atoms with van der Waals surface area (Å²) in [4.78, 5) is 1.78. The zero-order chi connectivity index (χ0) is 9.84. The Kier molecular flexibility index (Phi) is 3.07. The van der Waals surface area contributed by atoms with Gasteiger partial charge >= 0.3 is 12.0 Å². The summed E-state index contributed by atoms with van der Waals surface area (Å²) < 4.78 is 5.03. The Labute approximate surface area is 76.4 Å². The van der Waals surface area contributed by atoms with Crippen LogP contribution in [0.1, 0.15) is 13.8 Å². The van der Waals surface area contributed by atoms with E-state index in [-0.39, 0.29) is 18.7 Å². The van der Waals surface area contributed by atoms with Crippen molar-refractivity contribution in [2.45, 2.75) is 19.9 Å². The highest BCUT2D eigenvalue weighted by atomic mass is 16.4. The van der Waals surface area contributed by atoms with Crippen molar-refractivity contribution in [3.63, 3.8) is 0 Å². The maximum Gasteiger partial charge on any atom is 0.319 e. The molecule has 0 radical (unpaired) electrons. The van der Waals surface area contributed by atoms with Crippen molar-refractivity contribution in [3.8, 4) is 0 Å². The zero-order valence-corrected chi connectivity index (χ0v) is 7.77. The Balaban J connectivity index is 2.75. The van der Waals surface area contributed by atoms with Crippen molar-refractivity contribution in [2.24, 2.45) is 0 Å². The molecule has 0 aromatic carbocycles. The van der Waals surface area contributed by atoms with Crippen LogP contribution in [0.5, 0.6) is 0 Å². The van der Waals surface area contributed by atoms with Crippen molar-refractivity contribution in [2.75, 3.05) is 23.8 Å². The molecule has 0 aliphatic carbocycles. The van der Waals surface area contributed by atoms with E-state index in [0.717, 1.165) is 0 Å². The summed E-state index contributed by atoms with van der Waals surface area (Å²) in [6.45, 7) is 4.44. The molecule has 0 amide bonds. The second kappa shape index (κ2) is 4.08. The normalized spacial score (nSPS) is 10.8. The molecule has 1 rings (SSSR count). The fraction of sp³-hybridized carbons (Fsp3) is 0.714. The first-order valence-corrected chi connectivity index (χ1v) is 4.11. The van der Waals surface area contributed by atoms with Gasteiger partial charge in [-0.3, -0.25) is 0 Å². The molecule has 0 saturated heterocycles. The van der Waals surface area contributed by atoms with Gasteiger partial charge in [0.2, 0.25) is 0 Å². The maximum atomic E-state index is 8.79. The number of rotatable bonds is 4. The lowest BCUT2D eigenvalue weighted by atomic mass is 10.3. The molecule has 0 unspecified atom stereocenters. The predicted octanol–water partition coefficient (Wildman–Crippen LogP) is -0.141. The third kappa shape index (κ3) is 2.32. The zero-order valence-electron chi connectivity index (χ0n) is 7.77. The van der Waals surface area contributed by atoms with E-state index in [1.54, 1.807) is 4.90 Å². The number of aliphatic hydroxyl groups is 1. The number of nitrogens with zero attached hydrogens (tertiary/aromatic N) is 3. The minimum atomic E-state index is 0.0404. The van der Waals surface area contributed by atoms with Crippen LogP contribution in [0.15, 0.2) is 4.42 Å². The average molecular weight is 186 g/mol. The molecule has 0 aliphatic rings. The fourth-order valence-corrected chi connectivity index (χ4v) is 1.02. The quantitative estimate of drug-likeness (QED) is 0.680. The second-order valence-electron chi connectivity index (χ2n) is 2.93. The third-order valence-corrected chi connectivity index (χ3v) is 1.64. The summed E-state index contributed by atoms with van der Waals surface area (Å²) in [7, 11) is 0. The number of aromatic nitrogens is 2. The average Bonchev–Trinajstić information content (AvgIpc) is 2.46. The highest BCUT2D eigenvalue weighted by Gasteiger charge is 2.15.